The number of benzene rings is 3. The molecule has 9 heteroatoms. The number of aromatic nitrogens is 1. The Morgan fingerprint density at radius 3 is 2.33 bits per heavy atom. The quantitative estimate of drug-likeness (QED) is 0.317. The number of methoxy groups -OCH3 is 2. The van der Waals surface area contributed by atoms with E-state index in [0.29, 0.717) is 34.2 Å². The number of fused-ring (bicyclic) bond motifs is 1. The summed E-state index contributed by atoms with van der Waals surface area (Å²) < 4.78 is 16.8. The minimum atomic E-state index is -0.624. The van der Waals surface area contributed by atoms with Gasteiger partial charge in [-0.1, -0.05) is 18.2 Å². The maximum Gasteiger partial charge on any atom is 0.325 e. The molecule has 4 aromatic rings. The number of hydrogen-bond donors (Lipinski definition) is 3. The molecule has 0 spiro atoms. The highest BCUT2D eigenvalue weighted by Crippen LogP contribution is 2.36. The normalized spacial score (nSPS) is 10.4. The second-order valence-corrected chi connectivity index (χ2v) is 7.83. The van der Waals surface area contributed by atoms with Crippen molar-refractivity contribution in [2.24, 2.45) is 0 Å². The molecule has 0 aliphatic heterocycles. The van der Waals surface area contributed by atoms with Gasteiger partial charge in [0.2, 0.25) is 5.91 Å². The predicted molar refractivity (Wildman–Crippen MR) is 138 cm³/mol. The lowest BCUT2D eigenvalue weighted by atomic mass is 10.2. The van der Waals surface area contributed by atoms with Gasteiger partial charge in [-0.2, -0.15) is 0 Å². The molecule has 9 nitrogen and oxygen atoms in total. The number of hydrogen-bond acceptors (Lipinski definition) is 7. The Labute approximate surface area is 208 Å². The lowest BCUT2D eigenvalue weighted by Crippen LogP contribution is -2.38. The number of para-hydroxylation sites is 1. The van der Waals surface area contributed by atoms with Crippen molar-refractivity contribution >= 4 is 34.2 Å². The average molecular weight is 487 g/mol. The standard InChI is InChI=1S/C27H26N4O5/c1-17-6-4-5-7-21(17)29-16-26(32)31-27(33)30-18-8-10-19(11-9-18)36-23-12-13-28-22-15-25(35-3)24(34-2)14-20(22)23/h4-15,29H,16H2,1-3H3,(H2,30,31,32,33). The number of carbonyl (C=O) groups is 2. The molecule has 0 saturated carbocycles. The molecule has 36 heavy (non-hydrogen) atoms. The Morgan fingerprint density at radius 2 is 1.61 bits per heavy atom. The lowest BCUT2D eigenvalue weighted by molar-refractivity contribution is -0.118. The first-order valence-corrected chi connectivity index (χ1v) is 11.2. The van der Waals surface area contributed by atoms with E-state index in [1.54, 1.807) is 56.8 Å². The minimum absolute atomic E-state index is 0.0262. The molecule has 0 fully saturated rings. The van der Waals surface area contributed by atoms with Gasteiger partial charge in [-0.25, -0.2) is 4.79 Å². The molecule has 1 aromatic heterocycles. The van der Waals surface area contributed by atoms with Crippen molar-refractivity contribution in [3.8, 4) is 23.0 Å². The van der Waals surface area contributed by atoms with E-state index in [0.717, 1.165) is 16.6 Å². The van der Waals surface area contributed by atoms with Gasteiger partial charge in [0.15, 0.2) is 11.5 Å². The van der Waals surface area contributed by atoms with Gasteiger partial charge in [0, 0.05) is 29.0 Å². The number of ether oxygens (including phenoxy) is 3. The van der Waals surface area contributed by atoms with Gasteiger partial charge >= 0.3 is 6.03 Å². The van der Waals surface area contributed by atoms with Gasteiger partial charge in [-0.3, -0.25) is 15.1 Å². The number of pyridine rings is 1. The Morgan fingerprint density at radius 1 is 0.889 bits per heavy atom. The van der Waals surface area contributed by atoms with Crippen molar-refractivity contribution in [2.45, 2.75) is 6.92 Å². The summed E-state index contributed by atoms with van der Waals surface area (Å²) in [6.45, 7) is 1.91. The van der Waals surface area contributed by atoms with Crippen molar-refractivity contribution in [3.63, 3.8) is 0 Å². The van der Waals surface area contributed by atoms with Gasteiger partial charge in [-0.15, -0.1) is 0 Å². The van der Waals surface area contributed by atoms with Crippen molar-refractivity contribution in [1.82, 2.24) is 10.3 Å². The van der Waals surface area contributed by atoms with E-state index in [2.05, 4.69) is 20.9 Å². The molecule has 0 radical (unpaired) electrons. The van der Waals surface area contributed by atoms with Crippen LogP contribution in [0.25, 0.3) is 10.9 Å². The fourth-order valence-electron chi connectivity index (χ4n) is 3.55. The van der Waals surface area contributed by atoms with Crippen LogP contribution in [0, 0.1) is 6.92 Å². The first kappa shape index (κ1) is 24.3. The molecule has 3 amide bonds. The topological polar surface area (TPSA) is 111 Å². The molecule has 0 unspecified atom stereocenters. The van der Waals surface area contributed by atoms with Crippen LogP contribution in [-0.4, -0.2) is 37.7 Å². The molecule has 4 rings (SSSR count). The Kier molecular flexibility index (Phi) is 7.50. The van der Waals surface area contributed by atoms with Crippen molar-refractivity contribution in [2.75, 3.05) is 31.4 Å². The van der Waals surface area contributed by atoms with Crippen LogP contribution >= 0.6 is 0 Å². The molecule has 0 saturated heterocycles. The van der Waals surface area contributed by atoms with E-state index >= 15 is 0 Å². The largest absolute Gasteiger partial charge is 0.493 e. The molecule has 3 N–H and O–H groups in total. The molecular weight excluding hydrogens is 460 g/mol. The van der Waals surface area contributed by atoms with Crippen LogP contribution in [0.5, 0.6) is 23.0 Å². The summed E-state index contributed by atoms with van der Waals surface area (Å²) in [6.07, 6.45) is 1.65. The van der Waals surface area contributed by atoms with Crippen molar-refractivity contribution < 1.29 is 23.8 Å². The lowest BCUT2D eigenvalue weighted by Gasteiger charge is -2.13. The van der Waals surface area contributed by atoms with E-state index in [-0.39, 0.29) is 6.54 Å². The van der Waals surface area contributed by atoms with E-state index in [9.17, 15) is 9.59 Å². The number of aryl methyl sites for hydroxylation is 1. The Balaban J connectivity index is 1.36. The van der Waals surface area contributed by atoms with Crippen LogP contribution in [0.3, 0.4) is 0 Å². The molecule has 0 bridgehead atoms. The second-order valence-electron chi connectivity index (χ2n) is 7.83. The summed E-state index contributed by atoms with van der Waals surface area (Å²) in [4.78, 5) is 28.7. The molecule has 1 heterocycles. The molecule has 184 valence electrons. The first-order chi connectivity index (χ1) is 17.5. The van der Waals surface area contributed by atoms with Crippen LogP contribution in [0.2, 0.25) is 0 Å². The molecule has 3 aromatic carbocycles. The second kappa shape index (κ2) is 11.1. The third kappa shape index (κ3) is 5.82. The summed E-state index contributed by atoms with van der Waals surface area (Å²) in [5.74, 6) is 1.84. The zero-order valence-corrected chi connectivity index (χ0v) is 20.1. The maximum atomic E-state index is 12.2. The third-order valence-corrected chi connectivity index (χ3v) is 5.38. The number of carbonyl (C=O) groups excluding carboxylic acids is 2. The summed E-state index contributed by atoms with van der Waals surface area (Å²) in [5.41, 5.74) is 3.05. The van der Waals surface area contributed by atoms with Crippen LogP contribution < -0.4 is 30.2 Å². The van der Waals surface area contributed by atoms with Gasteiger partial charge in [0.1, 0.15) is 11.5 Å². The van der Waals surface area contributed by atoms with E-state index in [1.807, 2.05) is 37.3 Å². The Hall–Kier alpha value is -4.79. The molecule has 0 aliphatic carbocycles. The summed E-state index contributed by atoms with van der Waals surface area (Å²) in [6, 6.07) is 19.1. The number of imide groups is 1. The van der Waals surface area contributed by atoms with Crippen LogP contribution in [-0.2, 0) is 4.79 Å². The SMILES string of the molecule is COc1cc2nccc(Oc3ccc(NC(=O)NC(=O)CNc4ccccc4C)cc3)c2cc1OC. The van der Waals surface area contributed by atoms with E-state index in [1.165, 1.54) is 0 Å². The smallest absolute Gasteiger partial charge is 0.325 e. The fourth-order valence-corrected chi connectivity index (χ4v) is 3.55. The monoisotopic (exact) mass is 486 g/mol. The van der Waals surface area contributed by atoms with Crippen LogP contribution in [0.15, 0.2) is 72.9 Å². The zero-order chi connectivity index (χ0) is 25.5. The predicted octanol–water partition coefficient (Wildman–Crippen LogP) is 5.11. The first-order valence-electron chi connectivity index (χ1n) is 11.2. The average Bonchev–Trinajstić information content (AvgIpc) is 2.88. The van der Waals surface area contributed by atoms with E-state index < -0.39 is 11.9 Å². The van der Waals surface area contributed by atoms with Gasteiger partial charge in [0.25, 0.3) is 0 Å². The number of rotatable bonds is 8. The zero-order valence-electron chi connectivity index (χ0n) is 20.1. The van der Waals surface area contributed by atoms with E-state index in [4.69, 9.17) is 14.2 Å². The molecule has 0 aliphatic rings. The number of amides is 3. The highest BCUT2D eigenvalue weighted by Gasteiger charge is 2.12. The number of urea groups is 1. The summed E-state index contributed by atoms with van der Waals surface area (Å²) in [7, 11) is 3.13. The van der Waals surface area contributed by atoms with Gasteiger partial charge < -0.3 is 24.8 Å². The maximum absolute atomic E-state index is 12.2. The van der Waals surface area contributed by atoms with Crippen LogP contribution in [0.1, 0.15) is 5.56 Å². The number of nitrogens with one attached hydrogen (secondary N) is 3. The Bertz CT molecular complexity index is 1390. The van der Waals surface area contributed by atoms with Crippen molar-refractivity contribution in [1.29, 1.82) is 0 Å². The van der Waals surface area contributed by atoms with Gasteiger partial charge in [0.05, 0.1) is 26.3 Å². The minimum Gasteiger partial charge on any atom is -0.493 e. The fraction of sp³-hybridized carbons (Fsp3) is 0.148. The number of anilines is 2. The summed E-state index contributed by atoms with van der Waals surface area (Å²) >= 11 is 0. The van der Waals surface area contributed by atoms with Crippen molar-refractivity contribution in [3.05, 3.63) is 78.5 Å². The van der Waals surface area contributed by atoms with Crippen LogP contribution in [0.4, 0.5) is 16.2 Å². The molecule has 0 atom stereocenters. The van der Waals surface area contributed by atoms with Gasteiger partial charge in [-0.05, 0) is 55.0 Å². The molecular formula is C27H26N4O5. The third-order valence-electron chi connectivity index (χ3n) is 5.38. The number of nitrogens with zero attached hydrogens (tertiary/aromatic N) is 1. The highest BCUT2D eigenvalue weighted by atomic mass is 16.5. The highest BCUT2D eigenvalue weighted by molar-refractivity contribution is 6.02. The summed E-state index contributed by atoms with van der Waals surface area (Å²) in [5, 5.41) is 8.71.